The van der Waals surface area contributed by atoms with Gasteiger partial charge in [-0.2, -0.15) is 13.2 Å². The number of nitrogens with one attached hydrogen (secondary N) is 1. The fourth-order valence-electron chi connectivity index (χ4n) is 2.66. The van der Waals surface area contributed by atoms with Gasteiger partial charge in [0, 0.05) is 7.11 Å². The number of rotatable bonds is 7. The highest BCUT2D eigenvalue weighted by atomic mass is 19.4. The van der Waals surface area contributed by atoms with E-state index in [0.717, 1.165) is 18.2 Å². The third-order valence-corrected chi connectivity index (χ3v) is 4.14. The Hall–Kier alpha value is -3.47. The van der Waals surface area contributed by atoms with Crippen molar-refractivity contribution in [1.29, 1.82) is 0 Å². The number of benzene rings is 2. The number of methoxy groups -OCH3 is 1. The summed E-state index contributed by atoms with van der Waals surface area (Å²) in [5, 5.41) is 6.43. The molecule has 1 aromatic heterocycles. The molecule has 0 unspecified atom stereocenters. The second-order valence-electron chi connectivity index (χ2n) is 6.37. The van der Waals surface area contributed by atoms with Crippen molar-refractivity contribution in [2.45, 2.75) is 13.1 Å². The van der Waals surface area contributed by atoms with Gasteiger partial charge in [0.25, 0.3) is 5.91 Å². The van der Waals surface area contributed by atoms with E-state index in [1.807, 2.05) is 0 Å². The van der Waals surface area contributed by atoms with Gasteiger partial charge in [0.1, 0.15) is 24.0 Å². The van der Waals surface area contributed by atoms with E-state index in [1.54, 1.807) is 6.92 Å². The van der Waals surface area contributed by atoms with Crippen molar-refractivity contribution in [3.05, 3.63) is 65.5 Å². The maximum atomic E-state index is 13.1. The van der Waals surface area contributed by atoms with Crippen LogP contribution in [0.25, 0.3) is 5.69 Å². The van der Waals surface area contributed by atoms with E-state index in [0.29, 0.717) is 11.5 Å². The number of hydrogen-bond acceptors (Lipinski definition) is 5. The first kappa shape index (κ1) is 22.2. The van der Waals surface area contributed by atoms with Crippen LogP contribution in [0.3, 0.4) is 0 Å². The Morgan fingerprint density at radius 2 is 1.84 bits per heavy atom. The Morgan fingerprint density at radius 3 is 2.48 bits per heavy atom. The van der Waals surface area contributed by atoms with Gasteiger partial charge in [-0.15, -0.1) is 5.10 Å². The second-order valence-corrected chi connectivity index (χ2v) is 6.37. The lowest BCUT2D eigenvalue weighted by Crippen LogP contribution is -2.17. The molecular weight excluding hydrogens is 420 g/mol. The van der Waals surface area contributed by atoms with Crippen LogP contribution in [0.4, 0.5) is 23.2 Å². The van der Waals surface area contributed by atoms with E-state index in [9.17, 15) is 22.4 Å². The molecule has 0 aliphatic heterocycles. The summed E-state index contributed by atoms with van der Waals surface area (Å²) in [5.41, 5.74) is -0.678. The van der Waals surface area contributed by atoms with E-state index >= 15 is 0 Å². The summed E-state index contributed by atoms with van der Waals surface area (Å²) in [6.45, 7) is 1.86. The molecule has 1 heterocycles. The molecule has 1 N–H and O–H groups in total. The molecule has 1 amide bonds. The minimum atomic E-state index is -4.61. The molecule has 0 fully saturated rings. The van der Waals surface area contributed by atoms with E-state index in [-0.39, 0.29) is 30.5 Å². The first-order chi connectivity index (χ1) is 14.7. The molecule has 11 heteroatoms. The molecule has 3 aromatic rings. The van der Waals surface area contributed by atoms with Crippen molar-refractivity contribution in [1.82, 2.24) is 14.8 Å². The predicted molar refractivity (Wildman–Crippen MR) is 103 cm³/mol. The van der Waals surface area contributed by atoms with Crippen LogP contribution in [0.15, 0.2) is 42.5 Å². The number of aryl methyl sites for hydroxylation is 1. The Kier molecular flexibility index (Phi) is 6.54. The molecule has 31 heavy (non-hydrogen) atoms. The number of hydrogen-bond donors (Lipinski definition) is 1. The summed E-state index contributed by atoms with van der Waals surface area (Å²) < 4.78 is 64.0. The van der Waals surface area contributed by atoms with Crippen LogP contribution in [-0.2, 0) is 10.9 Å². The summed E-state index contributed by atoms with van der Waals surface area (Å²) in [6, 6.07) is 8.09. The Morgan fingerprint density at radius 1 is 1.13 bits per heavy atom. The molecule has 0 aliphatic carbocycles. The number of amides is 1. The summed E-state index contributed by atoms with van der Waals surface area (Å²) in [4.78, 5) is 16.7. The third-order valence-electron chi connectivity index (χ3n) is 4.14. The fraction of sp³-hybridized carbons (Fsp3) is 0.250. The second kappa shape index (κ2) is 9.13. The summed E-state index contributed by atoms with van der Waals surface area (Å²) in [7, 11) is 1.45. The van der Waals surface area contributed by atoms with Crippen LogP contribution in [-0.4, -0.2) is 41.0 Å². The van der Waals surface area contributed by atoms with Gasteiger partial charge >= 0.3 is 6.18 Å². The summed E-state index contributed by atoms with van der Waals surface area (Å²) in [6.07, 6.45) is -4.61. The first-order valence-corrected chi connectivity index (χ1v) is 9.03. The topological polar surface area (TPSA) is 78.3 Å². The first-order valence-electron chi connectivity index (χ1n) is 9.03. The molecule has 0 radical (unpaired) electrons. The third kappa shape index (κ3) is 5.37. The quantitative estimate of drug-likeness (QED) is 0.446. The largest absolute Gasteiger partial charge is 0.489 e. The number of carbonyl (C=O) groups is 1. The van der Waals surface area contributed by atoms with Gasteiger partial charge in [-0.05, 0) is 49.4 Å². The minimum Gasteiger partial charge on any atom is -0.489 e. The van der Waals surface area contributed by atoms with Crippen LogP contribution in [0, 0.1) is 12.7 Å². The fourth-order valence-corrected chi connectivity index (χ4v) is 2.66. The monoisotopic (exact) mass is 438 g/mol. The molecule has 0 aliphatic rings. The molecule has 0 atom stereocenters. The number of nitrogens with zero attached hydrogens (tertiary/aromatic N) is 3. The maximum absolute atomic E-state index is 13.1. The standard InChI is InChI=1S/C20H18F4N4O3/c1-12-25-18(27-28(12)15-6-4-14(21)5-7-15)19(29)26-16-11-13(20(22,23)24)3-8-17(16)31-10-9-30-2/h3-8,11H,9-10H2,1-2H3,(H,26,29). The molecule has 7 nitrogen and oxygen atoms in total. The molecular formula is C20H18F4N4O3. The van der Waals surface area contributed by atoms with Crippen molar-refractivity contribution in [2.75, 3.05) is 25.6 Å². The van der Waals surface area contributed by atoms with Crippen LogP contribution >= 0.6 is 0 Å². The highest BCUT2D eigenvalue weighted by Crippen LogP contribution is 2.35. The zero-order valence-corrected chi connectivity index (χ0v) is 16.5. The smallest absolute Gasteiger partial charge is 0.416 e. The van der Waals surface area contributed by atoms with Crippen LogP contribution in [0.5, 0.6) is 5.75 Å². The Labute approximate surface area is 174 Å². The Bertz CT molecular complexity index is 1070. The van der Waals surface area contributed by atoms with Gasteiger partial charge in [0.15, 0.2) is 0 Å². The summed E-state index contributed by atoms with van der Waals surface area (Å²) in [5.74, 6) is -1.18. The maximum Gasteiger partial charge on any atom is 0.416 e. The van der Waals surface area contributed by atoms with Crippen LogP contribution in [0.2, 0.25) is 0 Å². The predicted octanol–water partition coefficient (Wildman–Crippen LogP) is 4.01. The number of ether oxygens (including phenoxy) is 2. The molecule has 2 aromatic carbocycles. The van der Waals surface area contributed by atoms with Crippen molar-refractivity contribution < 1.29 is 31.8 Å². The number of halogens is 4. The normalized spacial score (nSPS) is 11.4. The van der Waals surface area contributed by atoms with Crippen molar-refractivity contribution in [3.8, 4) is 11.4 Å². The average molecular weight is 438 g/mol. The molecule has 0 bridgehead atoms. The van der Waals surface area contributed by atoms with Gasteiger partial charge in [-0.1, -0.05) is 0 Å². The van der Waals surface area contributed by atoms with E-state index in [1.165, 1.54) is 36.1 Å². The van der Waals surface area contributed by atoms with Gasteiger partial charge in [-0.3, -0.25) is 4.79 Å². The van der Waals surface area contributed by atoms with Crippen LogP contribution < -0.4 is 10.1 Å². The molecule has 3 rings (SSSR count). The number of carbonyl (C=O) groups excluding carboxylic acids is 1. The molecule has 0 saturated carbocycles. The van der Waals surface area contributed by atoms with Crippen LogP contribution in [0.1, 0.15) is 22.0 Å². The lowest BCUT2D eigenvalue weighted by atomic mass is 10.1. The number of anilines is 1. The van der Waals surface area contributed by atoms with Gasteiger partial charge in [0.05, 0.1) is 23.5 Å². The number of aromatic nitrogens is 3. The number of alkyl halides is 3. The zero-order valence-electron chi connectivity index (χ0n) is 16.5. The van der Waals surface area contributed by atoms with Crippen molar-refractivity contribution in [2.24, 2.45) is 0 Å². The van der Waals surface area contributed by atoms with E-state index in [4.69, 9.17) is 9.47 Å². The minimum absolute atomic E-state index is 0.0353. The van der Waals surface area contributed by atoms with E-state index < -0.39 is 23.5 Å². The van der Waals surface area contributed by atoms with Crippen molar-refractivity contribution in [3.63, 3.8) is 0 Å². The molecule has 0 saturated heterocycles. The molecule has 164 valence electrons. The Balaban J connectivity index is 1.88. The highest BCUT2D eigenvalue weighted by molar-refractivity contribution is 6.02. The zero-order chi connectivity index (χ0) is 22.6. The highest BCUT2D eigenvalue weighted by Gasteiger charge is 2.31. The van der Waals surface area contributed by atoms with Crippen molar-refractivity contribution >= 4 is 11.6 Å². The average Bonchev–Trinajstić information content (AvgIpc) is 3.11. The molecule has 0 spiro atoms. The van der Waals surface area contributed by atoms with Gasteiger partial charge in [0.2, 0.25) is 5.82 Å². The van der Waals surface area contributed by atoms with Gasteiger partial charge < -0.3 is 14.8 Å². The van der Waals surface area contributed by atoms with E-state index in [2.05, 4.69) is 15.4 Å². The summed E-state index contributed by atoms with van der Waals surface area (Å²) >= 11 is 0. The van der Waals surface area contributed by atoms with Gasteiger partial charge in [-0.25, -0.2) is 14.1 Å². The lowest BCUT2D eigenvalue weighted by Gasteiger charge is -2.14. The SMILES string of the molecule is COCCOc1ccc(C(F)(F)F)cc1NC(=O)c1nc(C)n(-c2ccc(F)cc2)n1. The lowest BCUT2D eigenvalue weighted by molar-refractivity contribution is -0.137.